The second-order valence-corrected chi connectivity index (χ2v) is 6.06. The first-order chi connectivity index (χ1) is 9.13. The van der Waals surface area contributed by atoms with Crippen molar-refractivity contribution in [3.8, 4) is 5.75 Å². The van der Waals surface area contributed by atoms with Gasteiger partial charge in [0.25, 0.3) is 0 Å². The van der Waals surface area contributed by atoms with E-state index in [9.17, 15) is 0 Å². The van der Waals surface area contributed by atoms with Crippen LogP contribution in [0.4, 0.5) is 0 Å². The molecule has 5 heteroatoms. The van der Waals surface area contributed by atoms with Gasteiger partial charge in [0.05, 0.1) is 10.0 Å². The number of rotatable bonds is 5. The molecule has 1 aromatic carbocycles. The predicted octanol–water partition coefficient (Wildman–Crippen LogP) is 4.80. The predicted molar refractivity (Wildman–Crippen MR) is 81.8 cm³/mol. The van der Waals surface area contributed by atoms with Gasteiger partial charge in [0.15, 0.2) is 5.75 Å². The van der Waals surface area contributed by atoms with Crippen molar-refractivity contribution in [2.75, 3.05) is 13.1 Å². The van der Waals surface area contributed by atoms with Gasteiger partial charge in [-0.2, -0.15) is 0 Å². The maximum absolute atomic E-state index is 6.19. The molecular formula is C14H18Cl3NO. The minimum Gasteiger partial charge on any atom is -0.487 e. The molecule has 1 heterocycles. The lowest BCUT2D eigenvalue weighted by Gasteiger charge is -2.25. The van der Waals surface area contributed by atoms with E-state index in [0.717, 1.165) is 32.4 Å². The third-order valence-corrected chi connectivity index (χ3v) is 4.55. The number of hydrogen-bond donors (Lipinski definition) is 1. The van der Waals surface area contributed by atoms with Gasteiger partial charge in [-0.05, 0) is 31.5 Å². The van der Waals surface area contributed by atoms with E-state index in [2.05, 4.69) is 12.2 Å². The van der Waals surface area contributed by atoms with Crippen molar-refractivity contribution in [1.82, 2.24) is 5.32 Å². The topological polar surface area (TPSA) is 21.3 Å². The maximum Gasteiger partial charge on any atom is 0.158 e. The normalized spacial score (nSPS) is 20.5. The number of benzene rings is 1. The van der Waals surface area contributed by atoms with Gasteiger partial charge < -0.3 is 10.1 Å². The van der Waals surface area contributed by atoms with Gasteiger partial charge >= 0.3 is 0 Å². The van der Waals surface area contributed by atoms with Gasteiger partial charge in [-0.25, -0.2) is 0 Å². The summed E-state index contributed by atoms with van der Waals surface area (Å²) in [4.78, 5) is 0. The Morgan fingerprint density at radius 1 is 1.32 bits per heavy atom. The summed E-state index contributed by atoms with van der Waals surface area (Å²) in [5.41, 5.74) is 0. The molecule has 0 spiro atoms. The summed E-state index contributed by atoms with van der Waals surface area (Å²) < 4.78 is 6.09. The zero-order valence-corrected chi connectivity index (χ0v) is 13.2. The standard InChI is InChI=1S/C14H18Cl3NO/c1-2-3-12(9-6-7-18-8-9)19-14-11(16)5-4-10(15)13(14)17/h4-5,9,12,18H,2-3,6-8H2,1H3/t9-,12+/m0/s1. The van der Waals surface area contributed by atoms with Crippen LogP contribution in [0.15, 0.2) is 12.1 Å². The zero-order chi connectivity index (χ0) is 13.8. The van der Waals surface area contributed by atoms with Crippen molar-refractivity contribution in [2.24, 2.45) is 5.92 Å². The molecule has 0 radical (unpaired) electrons. The van der Waals surface area contributed by atoms with Gasteiger partial charge in [-0.3, -0.25) is 0 Å². The minimum atomic E-state index is 0.133. The van der Waals surface area contributed by atoms with E-state index in [0.29, 0.717) is 26.7 Å². The minimum absolute atomic E-state index is 0.133. The Kier molecular flexibility index (Phi) is 5.64. The first-order valence-electron chi connectivity index (χ1n) is 6.64. The number of hydrogen-bond acceptors (Lipinski definition) is 2. The maximum atomic E-state index is 6.19. The highest BCUT2D eigenvalue weighted by Crippen LogP contribution is 2.39. The lowest BCUT2D eigenvalue weighted by atomic mass is 9.97. The summed E-state index contributed by atoms with van der Waals surface area (Å²) in [6, 6.07) is 3.41. The van der Waals surface area contributed by atoms with Crippen LogP contribution in [0.25, 0.3) is 0 Å². The summed E-state index contributed by atoms with van der Waals surface area (Å²) in [7, 11) is 0. The molecule has 1 aliphatic heterocycles. The van der Waals surface area contributed by atoms with Gasteiger partial charge in [0, 0.05) is 12.5 Å². The SMILES string of the molecule is CCC[C@@H](Oc1c(Cl)ccc(Cl)c1Cl)[C@H]1CCNC1. The Morgan fingerprint density at radius 2 is 2.05 bits per heavy atom. The molecule has 0 amide bonds. The summed E-state index contributed by atoms with van der Waals surface area (Å²) in [6.07, 6.45) is 3.32. The summed E-state index contributed by atoms with van der Waals surface area (Å²) in [5.74, 6) is 1.02. The fourth-order valence-corrected chi connectivity index (χ4v) is 3.05. The fourth-order valence-electron chi connectivity index (χ4n) is 2.44. The molecule has 106 valence electrons. The largest absolute Gasteiger partial charge is 0.487 e. The van der Waals surface area contributed by atoms with Crippen molar-refractivity contribution >= 4 is 34.8 Å². The van der Waals surface area contributed by atoms with Crippen molar-refractivity contribution < 1.29 is 4.74 Å². The van der Waals surface area contributed by atoms with E-state index in [1.54, 1.807) is 12.1 Å². The van der Waals surface area contributed by atoms with Gasteiger partial charge in [0.1, 0.15) is 11.1 Å². The van der Waals surface area contributed by atoms with Crippen LogP contribution in [0.2, 0.25) is 15.1 Å². The molecule has 1 fully saturated rings. The molecule has 19 heavy (non-hydrogen) atoms. The van der Waals surface area contributed by atoms with Crippen LogP contribution < -0.4 is 10.1 Å². The number of nitrogens with one attached hydrogen (secondary N) is 1. The molecule has 1 aromatic rings. The highest BCUT2D eigenvalue weighted by atomic mass is 35.5. The smallest absolute Gasteiger partial charge is 0.158 e. The molecule has 0 unspecified atom stereocenters. The average molecular weight is 323 g/mol. The Hall–Kier alpha value is -0.150. The molecule has 0 bridgehead atoms. The quantitative estimate of drug-likeness (QED) is 0.786. The average Bonchev–Trinajstić information content (AvgIpc) is 2.92. The van der Waals surface area contributed by atoms with E-state index in [1.807, 2.05) is 0 Å². The van der Waals surface area contributed by atoms with Crippen LogP contribution >= 0.6 is 34.8 Å². The Labute approximate surface area is 129 Å². The van der Waals surface area contributed by atoms with Crippen molar-refractivity contribution in [2.45, 2.75) is 32.3 Å². The molecule has 2 atom stereocenters. The third-order valence-electron chi connectivity index (χ3n) is 3.47. The van der Waals surface area contributed by atoms with Crippen LogP contribution in [0.3, 0.4) is 0 Å². The molecule has 0 saturated carbocycles. The molecule has 2 rings (SSSR count). The molecule has 1 aliphatic rings. The van der Waals surface area contributed by atoms with E-state index in [4.69, 9.17) is 39.5 Å². The zero-order valence-electron chi connectivity index (χ0n) is 10.9. The van der Waals surface area contributed by atoms with Gasteiger partial charge in [0.2, 0.25) is 0 Å². The molecule has 1 saturated heterocycles. The summed E-state index contributed by atoms with van der Waals surface area (Å²) >= 11 is 18.4. The molecule has 0 aromatic heterocycles. The Bertz CT molecular complexity index is 433. The van der Waals surface area contributed by atoms with Gasteiger partial charge in [-0.15, -0.1) is 0 Å². The molecule has 2 nitrogen and oxygen atoms in total. The van der Waals surface area contributed by atoms with Crippen LogP contribution in [0, 0.1) is 5.92 Å². The van der Waals surface area contributed by atoms with Crippen molar-refractivity contribution in [3.63, 3.8) is 0 Å². The van der Waals surface area contributed by atoms with Crippen molar-refractivity contribution in [1.29, 1.82) is 0 Å². The van der Waals surface area contributed by atoms with Crippen LogP contribution in [-0.2, 0) is 0 Å². The second kappa shape index (κ2) is 7.03. The Balaban J connectivity index is 2.18. The van der Waals surface area contributed by atoms with Gasteiger partial charge in [-0.1, -0.05) is 48.1 Å². The van der Waals surface area contributed by atoms with Crippen LogP contribution in [-0.4, -0.2) is 19.2 Å². The monoisotopic (exact) mass is 321 g/mol. The first-order valence-corrected chi connectivity index (χ1v) is 7.77. The summed E-state index contributed by atoms with van der Waals surface area (Å²) in [5, 5.41) is 4.76. The third kappa shape index (κ3) is 3.69. The van der Waals surface area contributed by atoms with Crippen LogP contribution in [0.1, 0.15) is 26.2 Å². The molecule has 1 N–H and O–H groups in total. The molecular weight excluding hydrogens is 305 g/mol. The van der Waals surface area contributed by atoms with E-state index in [-0.39, 0.29) is 6.10 Å². The summed E-state index contributed by atoms with van der Waals surface area (Å²) in [6.45, 7) is 4.19. The highest BCUT2D eigenvalue weighted by molar-refractivity contribution is 6.44. The number of ether oxygens (including phenoxy) is 1. The lowest BCUT2D eigenvalue weighted by Crippen LogP contribution is -2.29. The second-order valence-electron chi connectivity index (χ2n) is 4.87. The van der Waals surface area contributed by atoms with E-state index in [1.165, 1.54) is 0 Å². The van der Waals surface area contributed by atoms with Crippen molar-refractivity contribution in [3.05, 3.63) is 27.2 Å². The highest BCUT2D eigenvalue weighted by Gasteiger charge is 2.27. The Morgan fingerprint density at radius 3 is 2.68 bits per heavy atom. The fraction of sp³-hybridized carbons (Fsp3) is 0.571. The first kappa shape index (κ1) is 15.2. The molecule has 0 aliphatic carbocycles. The van der Waals surface area contributed by atoms with E-state index >= 15 is 0 Å². The lowest BCUT2D eigenvalue weighted by molar-refractivity contribution is 0.132. The van der Waals surface area contributed by atoms with E-state index < -0.39 is 0 Å². The number of halogens is 3. The van der Waals surface area contributed by atoms with Crippen LogP contribution in [0.5, 0.6) is 5.75 Å².